The van der Waals surface area contributed by atoms with Gasteiger partial charge in [0.2, 0.25) is 0 Å². The number of hydrogen-bond donors (Lipinski definition) is 1. The van der Waals surface area contributed by atoms with Crippen LogP contribution >= 0.6 is 0 Å². The Labute approximate surface area is 80.6 Å². The second-order valence-electron chi connectivity index (χ2n) is 5.15. The van der Waals surface area contributed by atoms with Crippen LogP contribution in [0.25, 0.3) is 0 Å². The summed E-state index contributed by atoms with van der Waals surface area (Å²) in [5.74, 6) is -0.243. The summed E-state index contributed by atoms with van der Waals surface area (Å²) in [6.07, 6.45) is 3.74. The van der Waals surface area contributed by atoms with Crippen LogP contribution in [0, 0.1) is 22.7 Å². The summed E-state index contributed by atoms with van der Waals surface area (Å²) >= 11 is 0. The summed E-state index contributed by atoms with van der Waals surface area (Å²) in [5.41, 5.74) is -0.547. The highest BCUT2D eigenvalue weighted by Crippen LogP contribution is 2.44. The number of nitrogens with zero attached hydrogens (tertiary/aromatic N) is 1. The van der Waals surface area contributed by atoms with Crippen molar-refractivity contribution < 1.29 is 5.11 Å². The lowest BCUT2D eigenvalue weighted by Crippen LogP contribution is -2.43. The fourth-order valence-corrected chi connectivity index (χ4v) is 2.37. The van der Waals surface area contributed by atoms with E-state index >= 15 is 0 Å². The molecule has 1 aliphatic carbocycles. The molecule has 0 radical (unpaired) electrons. The number of aliphatic hydroxyl groups is 1. The minimum absolute atomic E-state index is 0.193. The molecule has 0 aromatic carbocycles. The SMILES string of the molecule is CC(C#N)C1(O)CCCC(C)(C)C1. The van der Waals surface area contributed by atoms with E-state index in [1.54, 1.807) is 0 Å². The molecule has 0 aliphatic heterocycles. The topological polar surface area (TPSA) is 44.0 Å². The Morgan fingerprint density at radius 1 is 1.38 bits per heavy atom. The van der Waals surface area contributed by atoms with E-state index in [1.165, 1.54) is 0 Å². The molecule has 2 atom stereocenters. The Balaban J connectivity index is 2.75. The van der Waals surface area contributed by atoms with Gasteiger partial charge in [0.1, 0.15) is 0 Å². The van der Waals surface area contributed by atoms with Gasteiger partial charge in [0.05, 0.1) is 17.6 Å². The molecule has 74 valence electrons. The lowest BCUT2D eigenvalue weighted by Gasteiger charge is -2.42. The van der Waals surface area contributed by atoms with E-state index in [0.717, 1.165) is 25.7 Å². The zero-order valence-electron chi connectivity index (χ0n) is 8.80. The fraction of sp³-hybridized carbons (Fsp3) is 0.909. The number of hydrogen-bond acceptors (Lipinski definition) is 2. The lowest BCUT2D eigenvalue weighted by molar-refractivity contribution is -0.0629. The average molecular weight is 181 g/mol. The lowest BCUT2D eigenvalue weighted by atomic mass is 9.66. The van der Waals surface area contributed by atoms with Crippen LogP contribution in [-0.4, -0.2) is 10.7 Å². The van der Waals surface area contributed by atoms with Crippen molar-refractivity contribution in [3.05, 3.63) is 0 Å². The Morgan fingerprint density at radius 3 is 2.46 bits per heavy atom. The first-order valence-corrected chi connectivity index (χ1v) is 5.02. The highest BCUT2D eigenvalue weighted by Gasteiger charge is 2.42. The highest BCUT2D eigenvalue weighted by molar-refractivity contribution is 5.01. The van der Waals surface area contributed by atoms with Gasteiger partial charge in [-0.25, -0.2) is 0 Å². The average Bonchev–Trinajstić information content (AvgIpc) is 2.00. The third kappa shape index (κ3) is 2.22. The van der Waals surface area contributed by atoms with Crippen molar-refractivity contribution in [1.82, 2.24) is 0 Å². The first-order valence-electron chi connectivity index (χ1n) is 5.02. The first kappa shape index (κ1) is 10.5. The quantitative estimate of drug-likeness (QED) is 0.675. The molecule has 2 nitrogen and oxygen atoms in total. The molecule has 1 fully saturated rings. The third-order valence-electron chi connectivity index (χ3n) is 3.25. The summed E-state index contributed by atoms with van der Waals surface area (Å²) in [6.45, 7) is 6.16. The summed E-state index contributed by atoms with van der Waals surface area (Å²) < 4.78 is 0. The van der Waals surface area contributed by atoms with Crippen LogP contribution in [0.5, 0.6) is 0 Å². The van der Waals surface area contributed by atoms with E-state index in [9.17, 15) is 5.11 Å². The molecule has 2 unspecified atom stereocenters. The monoisotopic (exact) mass is 181 g/mol. The molecule has 1 aliphatic rings. The second kappa shape index (κ2) is 3.31. The molecule has 0 aromatic rings. The van der Waals surface area contributed by atoms with Crippen molar-refractivity contribution in [1.29, 1.82) is 5.26 Å². The molecule has 0 saturated heterocycles. The molecule has 0 aromatic heterocycles. The van der Waals surface area contributed by atoms with E-state index in [2.05, 4.69) is 19.9 Å². The standard InChI is InChI=1S/C11H19NO/c1-9(7-12)11(13)6-4-5-10(2,3)8-11/h9,13H,4-6,8H2,1-3H3. The largest absolute Gasteiger partial charge is 0.389 e. The van der Waals surface area contributed by atoms with Gasteiger partial charge in [0.15, 0.2) is 0 Å². The molecular weight excluding hydrogens is 162 g/mol. The normalized spacial score (nSPS) is 35.0. The molecule has 0 amide bonds. The molecule has 0 bridgehead atoms. The fourth-order valence-electron chi connectivity index (χ4n) is 2.37. The van der Waals surface area contributed by atoms with Crippen LogP contribution < -0.4 is 0 Å². The second-order valence-corrected chi connectivity index (χ2v) is 5.15. The number of rotatable bonds is 1. The van der Waals surface area contributed by atoms with E-state index in [1.807, 2.05) is 6.92 Å². The van der Waals surface area contributed by atoms with Crippen molar-refractivity contribution in [2.45, 2.75) is 52.1 Å². The summed E-state index contributed by atoms with van der Waals surface area (Å²) in [7, 11) is 0. The van der Waals surface area contributed by atoms with Gasteiger partial charge in [-0.05, 0) is 31.6 Å². The smallest absolute Gasteiger partial charge is 0.0807 e. The predicted molar refractivity (Wildman–Crippen MR) is 52.0 cm³/mol. The Hall–Kier alpha value is -0.550. The van der Waals surface area contributed by atoms with Gasteiger partial charge < -0.3 is 5.11 Å². The summed E-state index contributed by atoms with van der Waals surface area (Å²) in [4.78, 5) is 0. The Kier molecular flexibility index (Phi) is 2.68. The molecular formula is C11H19NO. The minimum Gasteiger partial charge on any atom is -0.389 e. The highest BCUT2D eigenvalue weighted by atomic mass is 16.3. The van der Waals surface area contributed by atoms with Crippen molar-refractivity contribution in [3.63, 3.8) is 0 Å². The molecule has 2 heteroatoms. The van der Waals surface area contributed by atoms with Gasteiger partial charge in [0, 0.05) is 0 Å². The van der Waals surface area contributed by atoms with E-state index < -0.39 is 5.60 Å². The first-order chi connectivity index (χ1) is 5.90. The molecule has 1 saturated carbocycles. The van der Waals surface area contributed by atoms with E-state index in [0.29, 0.717) is 0 Å². The van der Waals surface area contributed by atoms with Crippen LogP contribution in [0.1, 0.15) is 46.5 Å². The Bertz CT molecular complexity index is 229. The summed E-state index contributed by atoms with van der Waals surface area (Å²) in [5, 5.41) is 19.1. The van der Waals surface area contributed by atoms with Crippen LogP contribution in [0.4, 0.5) is 0 Å². The maximum Gasteiger partial charge on any atom is 0.0807 e. The van der Waals surface area contributed by atoms with Crippen LogP contribution in [0.2, 0.25) is 0 Å². The molecule has 13 heavy (non-hydrogen) atoms. The van der Waals surface area contributed by atoms with Gasteiger partial charge in [-0.15, -0.1) is 0 Å². The van der Waals surface area contributed by atoms with Crippen molar-refractivity contribution in [2.75, 3.05) is 0 Å². The Morgan fingerprint density at radius 2 is 2.00 bits per heavy atom. The molecule has 1 rings (SSSR count). The predicted octanol–water partition coefficient (Wildman–Crippen LogP) is 2.48. The van der Waals surface area contributed by atoms with Gasteiger partial charge >= 0.3 is 0 Å². The van der Waals surface area contributed by atoms with Crippen molar-refractivity contribution in [2.24, 2.45) is 11.3 Å². The van der Waals surface area contributed by atoms with E-state index in [4.69, 9.17) is 5.26 Å². The van der Waals surface area contributed by atoms with Gasteiger partial charge in [-0.2, -0.15) is 5.26 Å². The van der Waals surface area contributed by atoms with Crippen LogP contribution in [0.15, 0.2) is 0 Å². The van der Waals surface area contributed by atoms with Crippen LogP contribution in [0.3, 0.4) is 0 Å². The van der Waals surface area contributed by atoms with Gasteiger partial charge in [-0.3, -0.25) is 0 Å². The minimum atomic E-state index is -0.740. The zero-order valence-corrected chi connectivity index (χ0v) is 8.80. The maximum absolute atomic E-state index is 10.3. The maximum atomic E-state index is 10.3. The van der Waals surface area contributed by atoms with Crippen molar-refractivity contribution in [3.8, 4) is 6.07 Å². The number of nitriles is 1. The van der Waals surface area contributed by atoms with Gasteiger partial charge in [-0.1, -0.05) is 20.3 Å². The molecule has 0 heterocycles. The third-order valence-corrected chi connectivity index (χ3v) is 3.25. The van der Waals surface area contributed by atoms with Crippen molar-refractivity contribution >= 4 is 0 Å². The summed E-state index contributed by atoms with van der Waals surface area (Å²) in [6, 6.07) is 2.16. The van der Waals surface area contributed by atoms with Crippen LogP contribution in [-0.2, 0) is 0 Å². The van der Waals surface area contributed by atoms with E-state index in [-0.39, 0.29) is 11.3 Å². The van der Waals surface area contributed by atoms with Gasteiger partial charge in [0.25, 0.3) is 0 Å². The zero-order chi connectivity index (χ0) is 10.1. The molecule has 1 N–H and O–H groups in total. The molecule has 0 spiro atoms.